The number of hydrogen-bond acceptors (Lipinski definition) is 19. The molecule has 3 N–H and O–H groups in total. The molecule has 2 aliphatic heterocycles. The van der Waals surface area contributed by atoms with Crippen LogP contribution >= 0.6 is 0 Å². The Kier molecular flexibility index (Phi) is 31.4. The summed E-state index contributed by atoms with van der Waals surface area (Å²) in [6.45, 7) is 15.0. The summed E-state index contributed by atoms with van der Waals surface area (Å²) < 4.78 is 141. The van der Waals surface area contributed by atoms with Crippen molar-refractivity contribution in [1.29, 1.82) is 0 Å². The zero-order valence-electron chi connectivity index (χ0n) is 47.3. The van der Waals surface area contributed by atoms with Crippen LogP contribution in [0, 0.1) is 29.2 Å². The highest BCUT2D eigenvalue weighted by Crippen LogP contribution is 2.33. The number of hydrogen-bond donors (Lipinski definition) is 2. The molecule has 1 fully saturated rings. The highest BCUT2D eigenvalue weighted by molar-refractivity contribution is 7.85. The number of amidine groups is 1. The zero-order valence-corrected chi connectivity index (χ0v) is 48.1. The maximum absolute atomic E-state index is 13.7. The lowest BCUT2D eigenvalue weighted by Crippen LogP contribution is -3.21. The number of nitrogens with zero attached hydrogens (tertiary/aromatic N) is 4. The molecule has 3 aromatic rings. The smallest absolute Gasteiger partial charge is 0.327 e. The van der Waals surface area contributed by atoms with Gasteiger partial charge < -0.3 is 67.6 Å². The van der Waals surface area contributed by atoms with E-state index in [1.54, 1.807) is 12.3 Å². The number of rotatable bonds is 44. The molecule has 1 aromatic heterocycles. The number of nitrogens with one attached hydrogen (secondary N) is 1. The summed E-state index contributed by atoms with van der Waals surface area (Å²) in [7, 11) is -1.67. The molecular weight excluding hydrogens is 1100 g/mol. The number of likely N-dealkylation sites (N-methyl/N-ethyl adjacent to an activating group) is 1. The minimum absolute atomic E-state index is 0.0150. The largest absolute Gasteiger partial charge is 0.420 e. The van der Waals surface area contributed by atoms with Crippen LogP contribution in [0.1, 0.15) is 45.1 Å². The maximum atomic E-state index is 13.7. The molecule has 0 spiro atoms. The Morgan fingerprint density at radius 2 is 1.11 bits per heavy atom. The van der Waals surface area contributed by atoms with Gasteiger partial charge in [0.2, 0.25) is 23.3 Å². The summed E-state index contributed by atoms with van der Waals surface area (Å²) in [5.74, 6) is -9.00. The standard InChI is InChI=1S/C56H80F4N6O15S/c1-4-9-65(10-5-2)56(68)45-32-44-7-6-43(34-50(44)63-51(61)35-45)46-33-47(38-62-37-46)82(69,70)66-40-42(41-66)39-64(3)11-13-72-15-17-74-19-21-76-23-25-78-27-29-80-31-30-79-28-26-77-24-22-75-20-18-73-16-14-71-12-8-52(67)81-55-53(59)48(57)36-49(58)54(55)60/h6-7,32-34,36-38,42H,4-5,8-31,35,39-41H2,1-3H3,(H2,61,63)/p+1. The van der Waals surface area contributed by atoms with Crippen LogP contribution in [-0.2, 0) is 67.0 Å². The molecule has 0 atom stereocenters. The lowest BCUT2D eigenvalue weighted by Gasteiger charge is -2.36. The minimum Gasteiger partial charge on any atom is -0.420 e. The fourth-order valence-corrected chi connectivity index (χ4v) is 10.1. The molecule has 5 rings (SSSR count). The third-order valence-corrected chi connectivity index (χ3v) is 14.5. The molecule has 458 valence electrons. The average molecular weight is 1190 g/mol. The second-order valence-electron chi connectivity index (χ2n) is 19.1. The molecule has 21 nitrogen and oxygen atoms in total. The number of aliphatic imine (C=N–C) groups is 1. The van der Waals surface area contributed by atoms with Crippen molar-refractivity contribution in [3.05, 3.63) is 77.1 Å². The van der Waals surface area contributed by atoms with Crippen LogP contribution in [0.15, 0.2) is 58.2 Å². The highest BCUT2D eigenvalue weighted by atomic mass is 32.2. The number of halogens is 4. The van der Waals surface area contributed by atoms with Crippen LogP contribution in [0.4, 0.5) is 23.2 Å². The lowest BCUT2D eigenvalue weighted by atomic mass is 10.0. The molecule has 0 saturated carbocycles. The Morgan fingerprint density at radius 3 is 1.60 bits per heavy atom. The predicted octanol–water partition coefficient (Wildman–Crippen LogP) is 4.03. The van der Waals surface area contributed by atoms with Gasteiger partial charge >= 0.3 is 16.0 Å². The summed E-state index contributed by atoms with van der Waals surface area (Å²) in [5, 5.41) is 0. The Bertz CT molecular complexity index is 2550. The number of sulfonamides is 1. The number of benzene rings is 2. The van der Waals surface area contributed by atoms with Crippen LogP contribution in [0.2, 0.25) is 0 Å². The van der Waals surface area contributed by atoms with E-state index in [0.29, 0.717) is 165 Å². The highest BCUT2D eigenvalue weighted by Gasteiger charge is 2.42. The second-order valence-corrected chi connectivity index (χ2v) is 21.2. The van der Waals surface area contributed by atoms with Crippen LogP contribution < -0.4 is 14.8 Å². The number of nitrogens with two attached hydrogens (primary N) is 1. The van der Waals surface area contributed by atoms with Gasteiger partial charge in [-0.15, -0.1) is 0 Å². The average Bonchev–Trinajstić information content (AvgIpc) is 3.70. The number of quaternary nitrogens is 1. The Labute approximate surface area is 478 Å². The number of fused-ring (bicyclic) bond motifs is 1. The van der Waals surface area contributed by atoms with E-state index in [2.05, 4.69) is 19.6 Å². The monoisotopic (exact) mass is 1190 g/mol. The van der Waals surface area contributed by atoms with Gasteiger partial charge in [0.25, 0.3) is 0 Å². The van der Waals surface area contributed by atoms with E-state index in [9.17, 15) is 35.6 Å². The van der Waals surface area contributed by atoms with Gasteiger partial charge in [-0.1, -0.05) is 26.0 Å². The van der Waals surface area contributed by atoms with Gasteiger partial charge in [-0.3, -0.25) is 14.6 Å². The molecule has 26 heteroatoms. The van der Waals surface area contributed by atoms with Crippen molar-refractivity contribution >= 4 is 39.5 Å². The molecule has 82 heavy (non-hydrogen) atoms. The third kappa shape index (κ3) is 23.9. The van der Waals surface area contributed by atoms with Crippen molar-refractivity contribution in [2.24, 2.45) is 16.6 Å². The number of carbonyl (C=O) groups is 2. The van der Waals surface area contributed by atoms with Crippen molar-refractivity contribution < 1.29 is 92.0 Å². The number of carbonyl (C=O) groups excluding carboxylic acids is 2. The molecule has 0 radical (unpaired) electrons. The predicted molar refractivity (Wildman–Crippen MR) is 294 cm³/mol. The normalized spacial score (nSPS) is 15.2. The van der Waals surface area contributed by atoms with Gasteiger partial charge in [0.1, 0.15) is 23.8 Å². The van der Waals surface area contributed by atoms with Crippen LogP contribution in [0.3, 0.4) is 0 Å². The zero-order chi connectivity index (χ0) is 59.0. The molecule has 2 aromatic carbocycles. The number of aromatic nitrogens is 1. The van der Waals surface area contributed by atoms with E-state index in [0.717, 1.165) is 30.5 Å². The Balaban J connectivity index is 0.760. The van der Waals surface area contributed by atoms with E-state index in [-0.39, 0.29) is 55.6 Å². The SMILES string of the molecule is CCCN(CCC)C(=O)C1=Cc2ccc(-c3cncc(S(=O)(=O)[NH+]4CC(CN(C)CCOCCOCCOCCOCCOCCOCCOCCOCCOCCOCCC(=O)Oc5c(F)c(F)cc(F)c5F)C4)c3)cc2N=C(N)C1. The number of ether oxygens (including phenoxy) is 11. The summed E-state index contributed by atoms with van der Waals surface area (Å²) in [4.78, 5) is 38.2. The van der Waals surface area contributed by atoms with E-state index in [1.165, 1.54) is 6.20 Å². The van der Waals surface area contributed by atoms with Crippen molar-refractivity contribution in [2.45, 2.75) is 44.4 Å². The minimum atomic E-state index is -3.68. The summed E-state index contributed by atoms with van der Waals surface area (Å²) in [5.41, 5.74) is 9.67. The number of amides is 1. The van der Waals surface area contributed by atoms with E-state index >= 15 is 0 Å². The topological polar surface area (TPSA) is 232 Å². The first-order chi connectivity index (χ1) is 39.7. The van der Waals surface area contributed by atoms with Gasteiger partial charge in [0, 0.05) is 61.6 Å². The quantitative estimate of drug-likeness (QED) is 0.0268. The van der Waals surface area contributed by atoms with Gasteiger partial charge in [-0.2, -0.15) is 17.2 Å². The second kappa shape index (κ2) is 38.0. The van der Waals surface area contributed by atoms with Crippen molar-refractivity contribution in [1.82, 2.24) is 14.8 Å². The molecule has 0 aliphatic carbocycles. The molecule has 3 heterocycles. The van der Waals surface area contributed by atoms with E-state index in [4.69, 9.17) is 53.1 Å². The first-order valence-electron chi connectivity index (χ1n) is 27.7. The van der Waals surface area contributed by atoms with Crippen molar-refractivity contribution in [3.63, 3.8) is 0 Å². The van der Waals surface area contributed by atoms with Gasteiger partial charge in [0.15, 0.2) is 11.6 Å². The van der Waals surface area contributed by atoms with Crippen molar-refractivity contribution in [2.75, 3.05) is 178 Å². The van der Waals surface area contributed by atoms with Gasteiger partial charge in [-0.25, -0.2) is 18.1 Å². The summed E-state index contributed by atoms with van der Waals surface area (Å²) in [6.07, 6.45) is 6.46. The van der Waals surface area contributed by atoms with E-state index < -0.39 is 51.4 Å². The number of esters is 1. The van der Waals surface area contributed by atoms with Gasteiger partial charge in [0.05, 0.1) is 156 Å². The molecule has 1 amide bonds. The third-order valence-electron chi connectivity index (χ3n) is 12.6. The first-order valence-corrected chi connectivity index (χ1v) is 29.2. The maximum Gasteiger partial charge on any atom is 0.327 e. The first kappa shape index (κ1) is 67.7. The van der Waals surface area contributed by atoms with Gasteiger partial charge in [-0.05, 0) is 43.7 Å². The van der Waals surface area contributed by atoms with Crippen LogP contribution in [0.25, 0.3) is 17.2 Å². The van der Waals surface area contributed by atoms with Crippen LogP contribution in [-0.4, -0.2) is 219 Å². The van der Waals surface area contributed by atoms with Crippen molar-refractivity contribution in [3.8, 4) is 16.9 Å². The fraction of sp³-hybridized carbons (Fsp3) is 0.607. The molecule has 2 aliphatic rings. The molecule has 0 unspecified atom stereocenters. The Hall–Kier alpha value is -5.07. The summed E-state index contributed by atoms with van der Waals surface area (Å²) >= 11 is 0. The van der Waals surface area contributed by atoms with Crippen LogP contribution in [0.5, 0.6) is 5.75 Å². The molecule has 1 saturated heterocycles. The number of pyridine rings is 1. The lowest BCUT2D eigenvalue weighted by molar-refractivity contribution is -0.827. The van der Waals surface area contributed by atoms with E-state index in [1.807, 2.05) is 50.1 Å². The molecular formula is C56H81F4N6O15S+. The molecule has 0 bridgehead atoms. The Morgan fingerprint density at radius 1 is 0.634 bits per heavy atom. The summed E-state index contributed by atoms with van der Waals surface area (Å²) in [6, 6.07) is 7.30. The fourth-order valence-electron chi connectivity index (χ4n) is 8.38.